The van der Waals surface area contributed by atoms with Crippen molar-refractivity contribution in [2.75, 3.05) is 5.75 Å². The molecule has 1 aliphatic heterocycles. The van der Waals surface area contributed by atoms with Gasteiger partial charge in [0.05, 0.1) is 5.37 Å². The van der Waals surface area contributed by atoms with Gasteiger partial charge >= 0.3 is 12.0 Å². The van der Waals surface area contributed by atoms with E-state index in [0.717, 1.165) is 11.1 Å². The molecule has 0 spiro atoms. The monoisotopic (exact) mass is 328 g/mol. The second-order valence-electron chi connectivity index (χ2n) is 5.47. The van der Waals surface area contributed by atoms with E-state index in [0.29, 0.717) is 12.3 Å². The van der Waals surface area contributed by atoms with Crippen LogP contribution in [0.4, 0.5) is 4.79 Å². The topological polar surface area (TPSA) is 69.6 Å². The Morgan fingerprint density at radius 1 is 1.48 bits per heavy atom. The molecule has 1 fully saturated rings. The van der Waals surface area contributed by atoms with Crippen LogP contribution < -0.4 is 5.32 Å². The molecule has 5 nitrogen and oxygen atoms in total. The van der Waals surface area contributed by atoms with E-state index in [1.807, 2.05) is 31.5 Å². The van der Waals surface area contributed by atoms with Gasteiger partial charge in [-0.3, -0.25) is 4.90 Å². The van der Waals surface area contributed by atoms with Gasteiger partial charge in [0.2, 0.25) is 0 Å². The van der Waals surface area contributed by atoms with Gasteiger partial charge in [0.25, 0.3) is 0 Å². The molecule has 2 rings (SSSR count). The molecule has 2 amide bonds. The first kappa shape index (κ1) is 16.2. The second-order valence-corrected chi connectivity index (χ2v) is 7.36. The molecule has 7 heteroatoms. The molecular weight excluding hydrogens is 308 g/mol. The molecule has 21 heavy (non-hydrogen) atoms. The lowest BCUT2D eigenvalue weighted by molar-refractivity contribution is -0.141. The summed E-state index contributed by atoms with van der Waals surface area (Å²) in [5.74, 6) is -0.274. The Bertz CT molecular complexity index is 530. The summed E-state index contributed by atoms with van der Waals surface area (Å²) in [6.07, 6.45) is 0. The predicted molar refractivity (Wildman–Crippen MR) is 85.6 cm³/mol. The number of carboxylic acid groups (broad SMARTS) is 1. The zero-order chi connectivity index (χ0) is 15.6. The van der Waals surface area contributed by atoms with Crippen molar-refractivity contribution in [2.24, 2.45) is 5.92 Å². The Labute approximate surface area is 132 Å². The molecule has 1 aliphatic rings. The standard InChI is InChI=1S/C14H20N2O3S2/c1-8(2)12-16(11(7-21-12)13(17)18)14(19)15-4-10-6-20-5-9(10)3/h5-6,8,11-12H,4,7H2,1-3H3,(H,15,19)(H,17,18). The summed E-state index contributed by atoms with van der Waals surface area (Å²) < 4.78 is 0. The molecule has 1 aromatic rings. The van der Waals surface area contributed by atoms with Crippen molar-refractivity contribution in [3.05, 3.63) is 21.9 Å². The Morgan fingerprint density at radius 2 is 2.19 bits per heavy atom. The molecule has 0 aliphatic carbocycles. The Morgan fingerprint density at radius 3 is 2.71 bits per heavy atom. The summed E-state index contributed by atoms with van der Waals surface area (Å²) in [5.41, 5.74) is 2.22. The molecule has 0 bridgehead atoms. The third-order valence-electron chi connectivity index (χ3n) is 3.52. The third-order valence-corrected chi connectivity index (χ3v) is 6.05. The van der Waals surface area contributed by atoms with Gasteiger partial charge in [-0.1, -0.05) is 13.8 Å². The number of rotatable bonds is 4. The maximum Gasteiger partial charge on any atom is 0.327 e. The van der Waals surface area contributed by atoms with Crippen molar-refractivity contribution in [3.63, 3.8) is 0 Å². The van der Waals surface area contributed by atoms with E-state index in [9.17, 15) is 14.7 Å². The number of amides is 2. The molecular formula is C14H20N2O3S2. The highest BCUT2D eigenvalue weighted by Crippen LogP contribution is 2.34. The number of hydrogen-bond acceptors (Lipinski definition) is 4. The average molecular weight is 328 g/mol. The van der Waals surface area contributed by atoms with Crippen LogP contribution in [-0.4, -0.2) is 39.2 Å². The highest BCUT2D eigenvalue weighted by atomic mass is 32.2. The molecule has 0 saturated carbocycles. The number of carboxylic acids is 1. The molecule has 2 unspecified atom stereocenters. The van der Waals surface area contributed by atoms with E-state index in [1.165, 1.54) is 16.7 Å². The van der Waals surface area contributed by atoms with Gasteiger partial charge in [-0.25, -0.2) is 9.59 Å². The van der Waals surface area contributed by atoms with Crippen LogP contribution >= 0.6 is 23.1 Å². The normalized spacial score (nSPS) is 21.8. The first-order valence-electron chi connectivity index (χ1n) is 6.84. The summed E-state index contributed by atoms with van der Waals surface area (Å²) in [6.45, 7) is 6.45. The molecule has 116 valence electrons. The lowest BCUT2D eigenvalue weighted by Gasteiger charge is -2.29. The summed E-state index contributed by atoms with van der Waals surface area (Å²) >= 11 is 3.13. The quantitative estimate of drug-likeness (QED) is 0.892. The number of urea groups is 1. The number of carbonyl (C=O) groups excluding carboxylic acids is 1. The van der Waals surface area contributed by atoms with Gasteiger partial charge in [0.15, 0.2) is 0 Å². The maximum atomic E-state index is 12.4. The van der Waals surface area contributed by atoms with Crippen LogP contribution in [0.5, 0.6) is 0 Å². The van der Waals surface area contributed by atoms with Crippen molar-refractivity contribution < 1.29 is 14.7 Å². The average Bonchev–Trinajstić information content (AvgIpc) is 3.02. The van der Waals surface area contributed by atoms with E-state index in [2.05, 4.69) is 5.32 Å². The Kier molecular flexibility index (Phi) is 5.16. The molecule has 0 aromatic carbocycles. The van der Waals surface area contributed by atoms with Crippen LogP contribution in [-0.2, 0) is 11.3 Å². The largest absolute Gasteiger partial charge is 0.480 e. The van der Waals surface area contributed by atoms with Crippen LogP contribution in [0.3, 0.4) is 0 Å². The molecule has 2 N–H and O–H groups in total. The van der Waals surface area contributed by atoms with Crippen LogP contribution in [0.15, 0.2) is 10.8 Å². The van der Waals surface area contributed by atoms with Crippen LogP contribution in [0.2, 0.25) is 0 Å². The van der Waals surface area contributed by atoms with Crippen molar-refractivity contribution >= 4 is 35.1 Å². The fourth-order valence-electron chi connectivity index (χ4n) is 2.32. The number of nitrogens with one attached hydrogen (secondary N) is 1. The van der Waals surface area contributed by atoms with Crippen LogP contribution in [0, 0.1) is 12.8 Å². The van der Waals surface area contributed by atoms with E-state index in [4.69, 9.17) is 0 Å². The molecule has 2 atom stereocenters. The number of aliphatic carboxylic acids is 1. The summed E-state index contributed by atoms with van der Waals surface area (Å²) in [6, 6.07) is -1.04. The van der Waals surface area contributed by atoms with Crippen LogP contribution in [0.1, 0.15) is 25.0 Å². The predicted octanol–water partition coefficient (Wildman–Crippen LogP) is 2.75. The molecule has 1 aromatic heterocycles. The summed E-state index contributed by atoms with van der Waals surface area (Å²) in [5, 5.41) is 16.1. The first-order valence-corrected chi connectivity index (χ1v) is 8.83. The zero-order valence-corrected chi connectivity index (χ0v) is 14.0. The van der Waals surface area contributed by atoms with E-state index in [1.54, 1.807) is 11.3 Å². The number of nitrogens with zero attached hydrogens (tertiary/aromatic N) is 1. The van der Waals surface area contributed by atoms with E-state index in [-0.39, 0.29) is 17.3 Å². The van der Waals surface area contributed by atoms with Gasteiger partial charge < -0.3 is 10.4 Å². The minimum absolute atomic E-state index is 0.0883. The lowest BCUT2D eigenvalue weighted by Crippen LogP contribution is -2.51. The van der Waals surface area contributed by atoms with Gasteiger partial charge in [0.1, 0.15) is 6.04 Å². The van der Waals surface area contributed by atoms with Crippen LogP contribution in [0.25, 0.3) is 0 Å². The van der Waals surface area contributed by atoms with Crippen molar-refractivity contribution in [1.82, 2.24) is 10.2 Å². The molecule has 1 saturated heterocycles. The van der Waals surface area contributed by atoms with Gasteiger partial charge in [-0.05, 0) is 34.7 Å². The van der Waals surface area contributed by atoms with Gasteiger partial charge in [0, 0.05) is 12.3 Å². The van der Waals surface area contributed by atoms with Crippen molar-refractivity contribution in [3.8, 4) is 0 Å². The Balaban J connectivity index is 2.06. The summed E-state index contributed by atoms with van der Waals surface area (Å²) in [4.78, 5) is 25.2. The smallest absolute Gasteiger partial charge is 0.327 e. The second kappa shape index (κ2) is 6.70. The fraction of sp³-hybridized carbons (Fsp3) is 0.571. The summed E-state index contributed by atoms with van der Waals surface area (Å²) in [7, 11) is 0. The zero-order valence-electron chi connectivity index (χ0n) is 12.3. The van der Waals surface area contributed by atoms with Gasteiger partial charge in [-0.2, -0.15) is 11.3 Å². The molecule has 2 heterocycles. The third kappa shape index (κ3) is 3.52. The van der Waals surface area contributed by atoms with E-state index < -0.39 is 12.0 Å². The molecule has 0 radical (unpaired) electrons. The minimum Gasteiger partial charge on any atom is -0.480 e. The minimum atomic E-state index is -0.937. The SMILES string of the molecule is Cc1cscc1CNC(=O)N1C(C(=O)O)CSC1C(C)C. The first-order chi connectivity index (χ1) is 9.91. The number of aryl methyl sites for hydroxylation is 1. The maximum absolute atomic E-state index is 12.4. The van der Waals surface area contributed by atoms with Crippen molar-refractivity contribution in [1.29, 1.82) is 0 Å². The van der Waals surface area contributed by atoms with Crippen molar-refractivity contribution in [2.45, 2.75) is 38.7 Å². The highest BCUT2D eigenvalue weighted by molar-refractivity contribution is 8.00. The fourth-order valence-corrected chi connectivity index (χ4v) is 4.65. The lowest BCUT2D eigenvalue weighted by atomic mass is 10.1. The van der Waals surface area contributed by atoms with E-state index >= 15 is 0 Å². The Hall–Kier alpha value is -1.21. The number of thioether (sulfide) groups is 1. The number of carbonyl (C=O) groups is 2. The number of hydrogen-bond donors (Lipinski definition) is 2. The number of thiophene rings is 1. The van der Waals surface area contributed by atoms with Gasteiger partial charge in [-0.15, -0.1) is 11.8 Å². The highest BCUT2D eigenvalue weighted by Gasteiger charge is 2.42.